The number of rotatable bonds is 8. The highest BCUT2D eigenvalue weighted by Crippen LogP contribution is 2.16. The summed E-state index contributed by atoms with van der Waals surface area (Å²) < 4.78 is 5.56. The highest BCUT2D eigenvalue weighted by molar-refractivity contribution is 5.77. The Kier molecular flexibility index (Phi) is 6.56. The number of para-hydroxylation sites is 1. The lowest BCUT2D eigenvalue weighted by Crippen LogP contribution is -2.33. The molecule has 0 unspecified atom stereocenters. The van der Waals surface area contributed by atoms with Crippen LogP contribution in [0.2, 0.25) is 0 Å². The van der Waals surface area contributed by atoms with E-state index in [4.69, 9.17) is 9.84 Å². The number of amides is 1. The predicted molar refractivity (Wildman–Crippen MR) is 75.8 cm³/mol. The van der Waals surface area contributed by atoms with Gasteiger partial charge in [0.05, 0.1) is 19.4 Å². The molecule has 1 aromatic carbocycles. The van der Waals surface area contributed by atoms with Gasteiger partial charge in [-0.15, -0.1) is 0 Å². The first-order valence-corrected chi connectivity index (χ1v) is 6.72. The quantitative estimate of drug-likeness (QED) is 0.791. The van der Waals surface area contributed by atoms with E-state index in [2.05, 4.69) is 0 Å². The maximum atomic E-state index is 11.9. The van der Waals surface area contributed by atoms with Gasteiger partial charge in [0, 0.05) is 13.1 Å². The van der Waals surface area contributed by atoms with Gasteiger partial charge in [0.2, 0.25) is 5.91 Å². The molecule has 0 aliphatic carbocycles. The van der Waals surface area contributed by atoms with Crippen LogP contribution in [-0.2, 0) is 9.59 Å². The van der Waals surface area contributed by atoms with E-state index in [9.17, 15) is 9.59 Å². The molecule has 0 aromatic heterocycles. The van der Waals surface area contributed by atoms with Gasteiger partial charge in [-0.3, -0.25) is 9.59 Å². The fourth-order valence-corrected chi connectivity index (χ4v) is 1.81. The third-order valence-electron chi connectivity index (χ3n) is 3.00. The van der Waals surface area contributed by atoms with Gasteiger partial charge in [0.1, 0.15) is 5.75 Å². The number of nitrogens with zero attached hydrogens (tertiary/aromatic N) is 1. The van der Waals surface area contributed by atoms with Crippen LogP contribution in [0, 0.1) is 6.92 Å². The molecule has 0 saturated carbocycles. The first-order chi connectivity index (χ1) is 9.54. The average molecular weight is 279 g/mol. The first kappa shape index (κ1) is 16.0. The van der Waals surface area contributed by atoms with Crippen molar-refractivity contribution in [2.75, 3.05) is 19.7 Å². The van der Waals surface area contributed by atoms with Gasteiger partial charge < -0.3 is 14.7 Å². The van der Waals surface area contributed by atoms with Crippen molar-refractivity contribution in [3.05, 3.63) is 29.8 Å². The molecule has 1 N–H and O–H groups in total. The maximum absolute atomic E-state index is 11.9. The minimum absolute atomic E-state index is 0.0295. The molecule has 0 aliphatic rings. The zero-order chi connectivity index (χ0) is 15.0. The number of hydrogen-bond acceptors (Lipinski definition) is 3. The Morgan fingerprint density at radius 1 is 1.25 bits per heavy atom. The van der Waals surface area contributed by atoms with Crippen LogP contribution in [0.5, 0.6) is 5.75 Å². The Bertz CT molecular complexity index is 459. The molecule has 0 saturated heterocycles. The summed E-state index contributed by atoms with van der Waals surface area (Å²) >= 11 is 0. The summed E-state index contributed by atoms with van der Waals surface area (Å²) in [6.07, 6.45) is 0.222. The normalized spacial score (nSPS) is 10.1. The van der Waals surface area contributed by atoms with E-state index in [1.807, 2.05) is 38.1 Å². The van der Waals surface area contributed by atoms with Gasteiger partial charge in [-0.2, -0.15) is 0 Å². The van der Waals surface area contributed by atoms with Gasteiger partial charge in [-0.1, -0.05) is 18.2 Å². The van der Waals surface area contributed by atoms with E-state index in [0.717, 1.165) is 11.3 Å². The van der Waals surface area contributed by atoms with Crippen molar-refractivity contribution >= 4 is 11.9 Å². The van der Waals surface area contributed by atoms with Gasteiger partial charge in [0.25, 0.3) is 0 Å². The topological polar surface area (TPSA) is 66.8 Å². The molecule has 20 heavy (non-hydrogen) atoms. The maximum Gasteiger partial charge on any atom is 0.305 e. The number of ether oxygens (including phenoxy) is 1. The number of carbonyl (C=O) groups excluding carboxylic acids is 1. The lowest BCUT2D eigenvalue weighted by Gasteiger charge is -2.20. The molecule has 0 heterocycles. The Balaban J connectivity index is 2.38. The average Bonchev–Trinajstić information content (AvgIpc) is 2.41. The lowest BCUT2D eigenvalue weighted by atomic mass is 10.2. The number of hydrogen-bond donors (Lipinski definition) is 1. The van der Waals surface area contributed by atoms with Gasteiger partial charge in [-0.25, -0.2) is 0 Å². The molecule has 1 rings (SSSR count). The summed E-state index contributed by atoms with van der Waals surface area (Å²) in [5.74, 6) is -0.205. The number of aryl methyl sites for hydroxylation is 1. The standard InChI is InChI=1S/C15H21NO4/c1-3-16(10-8-15(18)19)14(17)9-11-20-13-7-5-4-6-12(13)2/h4-7H,3,8-11H2,1-2H3,(H,18,19). The van der Waals surface area contributed by atoms with Crippen molar-refractivity contribution in [1.82, 2.24) is 4.90 Å². The molecular weight excluding hydrogens is 258 g/mol. The summed E-state index contributed by atoms with van der Waals surface area (Å²) in [5, 5.41) is 8.63. The van der Waals surface area contributed by atoms with Crippen LogP contribution in [0.3, 0.4) is 0 Å². The summed E-state index contributed by atoms with van der Waals surface area (Å²) in [6, 6.07) is 7.62. The van der Waals surface area contributed by atoms with Crippen LogP contribution in [0.4, 0.5) is 0 Å². The van der Waals surface area contributed by atoms with Crippen molar-refractivity contribution in [1.29, 1.82) is 0 Å². The molecule has 1 amide bonds. The third kappa shape index (κ3) is 5.30. The number of benzene rings is 1. The molecule has 0 spiro atoms. The van der Waals surface area contributed by atoms with Crippen molar-refractivity contribution in [3.8, 4) is 5.75 Å². The second-order valence-electron chi connectivity index (χ2n) is 4.48. The highest BCUT2D eigenvalue weighted by atomic mass is 16.5. The molecule has 5 nitrogen and oxygen atoms in total. The molecule has 0 aliphatic heterocycles. The zero-order valence-electron chi connectivity index (χ0n) is 12.0. The van der Waals surface area contributed by atoms with E-state index in [0.29, 0.717) is 13.2 Å². The van der Waals surface area contributed by atoms with Crippen molar-refractivity contribution in [2.45, 2.75) is 26.7 Å². The second kappa shape index (κ2) is 8.19. The lowest BCUT2D eigenvalue weighted by molar-refractivity contribution is -0.138. The van der Waals surface area contributed by atoms with Crippen LogP contribution in [0.15, 0.2) is 24.3 Å². The Labute approximate surface area is 119 Å². The Morgan fingerprint density at radius 3 is 2.55 bits per heavy atom. The fraction of sp³-hybridized carbons (Fsp3) is 0.467. The summed E-state index contributed by atoms with van der Waals surface area (Å²) in [5.41, 5.74) is 1.03. The van der Waals surface area contributed by atoms with Crippen LogP contribution >= 0.6 is 0 Å². The monoisotopic (exact) mass is 279 g/mol. The molecule has 110 valence electrons. The number of carbonyl (C=O) groups is 2. The zero-order valence-corrected chi connectivity index (χ0v) is 12.0. The Morgan fingerprint density at radius 2 is 1.95 bits per heavy atom. The highest BCUT2D eigenvalue weighted by Gasteiger charge is 2.13. The van der Waals surface area contributed by atoms with Crippen molar-refractivity contribution in [3.63, 3.8) is 0 Å². The third-order valence-corrected chi connectivity index (χ3v) is 3.00. The minimum atomic E-state index is -0.896. The largest absolute Gasteiger partial charge is 0.493 e. The van der Waals surface area contributed by atoms with E-state index in [-0.39, 0.29) is 25.3 Å². The smallest absolute Gasteiger partial charge is 0.305 e. The van der Waals surface area contributed by atoms with Crippen LogP contribution in [0.1, 0.15) is 25.3 Å². The molecule has 1 aromatic rings. The van der Waals surface area contributed by atoms with E-state index >= 15 is 0 Å². The number of carboxylic acids is 1. The van der Waals surface area contributed by atoms with Crippen molar-refractivity contribution < 1.29 is 19.4 Å². The Hall–Kier alpha value is -2.04. The molecule has 0 atom stereocenters. The van der Waals surface area contributed by atoms with Gasteiger partial charge >= 0.3 is 5.97 Å². The van der Waals surface area contributed by atoms with Crippen LogP contribution < -0.4 is 4.74 Å². The fourth-order valence-electron chi connectivity index (χ4n) is 1.81. The van der Waals surface area contributed by atoms with E-state index in [1.165, 1.54) is 4.90 Å². The van der Waals surface area contributed by atoms with E-state index in [1.54, 1.807) is 0 Å². The number of carboxylic acid groups (broad SMARTS) is 1. The van der Waals surface area contributed by atoms with Crippen LogP contribution in [-0.4, -0.2) is 41.6 Å². The first-order valence-electron chi connectivity index (χ1n) is 6.72. The molecule has 0 fully saturated rings. The minimum Gasteiger partial charge on any atom is -0.493 e. The SMILES string of the molecule is CCN(CCC(=O)O)C(=O)CCOc1ccccc1C. The summed E-state index contributed by atoms with van der Waals surface area (Å²) in [6.45, 7) is 4.84. The predicted octanol–water partition coefficient (Wildman–Crippen LogP) is 2.09. The second-order valence-corrected chi connectivity index (χ2v) is 4.48. The molecule has 0 bridgehead atoms. The molecular formula is C15H21NO4. The van der Waals surface area contributed by atoms with E-state index < -0.39 is 5.97 Å². The van der Waals surface area contributed by atoms with Crippen LogP contribution in [0.25, 0.3) is 0 Å². The number of aliphatic carboxylic acids is 1. The van der Waals surface area contributed by atoms with Gasteiger partial charge in [-0.05, 0) is 25.5 Å². The van der Waals surface area contributed by atoms with Gasteiger partial charge in [0.15, 0.2) is 0 Å². The molecule has 0 radical (unpaired) electrons. The summed E-state index contributed by atoms with van der Waals surface area (Å²) in [7, 11) is 0. The molecule has 5 heteroatoms. The summed E-state index contributed by atoms with van der Waals surface area (Å²) in [4.78, 5) is 24.0. The van der Waals surface area contributed by atoms with Crippen molar-refractivity contribution in [2.24, 2.45) is 0 Å².